The first-order valence-corrected chi connectivity index (χ1v) is 5.49. The van der Waals surface area contributed by atoms with Gasteiger partial charge >= 0.3 is 11.9 Å². The van der Waals surface area contributed by atoms with Gasteiger partial charge in [0.05, 0.1) is 0 Å². The Kier molecular flexibility index (Phi) is 3.72. The summed E-state index contributed by atoms with van der Waals surface area (Å²) in [7, 11) is 0. The summed E-state index contributed by atoms with van der Waals surface area (Å²) in [6.07, 6.45) is 4.18. The van der Waals surface area contributed by atoms with Crippen LogP contribution in [-0.4, -0.2) is 22.2 Å². The summed E-state index contributed by atoms with van der Waals surface area (Å²) < 4.78 is 0. The second kappa shape index (κ2) is 4.64. The van der Waals surface area contributed by atoms with E-state index in [2.05, 4.69) is 0 Å². The van der Waals surface area contributed by atoms with Crippen LogP contribution >= 0.6 is 0 Å². The minimum atomic E-state index is -1.54. The van der Waals surface area contributed by atoms with Gasteiger partial charge in [-0.2, -0.15) is 0 Å². The lowest BCUT2D eigenvalue weighted by Crippen LogP contribution is -2.42. The van der Waals surface area contributed by atoms with E-state index in [-0.39, 0.29) is 6.42 Å². The lowest BCUT2D eigenvalue weighted by molar-refractivity contribution is -0.167. The average Bonchev–Trinajstić information content (AvgIpc) is 2.08. The molecule has 1 rings (SSSR count). The molecule has 15 heavy (non-hydrogen) atoms. The van der Waals surface area contributed by atoms with Crippen LogP contribution in [0.2, 0.25) is 0 Å². The first-order valence-electron chi connectivity index (χ1n) is 5.49. The van der Waals surface area contributed by atoms with Gasteiger partial charge in [-0.05, 0) is 18.8 Å². The molecule has 0 radical (unpaired) electrons. The van der Waals surface area contributed by atoms with E-state index >= 15 is 0 Å². The maximum absolute atomic E-state index is 11.1. The number of carboxylic acid groups (broad SMARTS) is 2. The third-order valence-corrected chi connectivity index (χ3v) is 3.36. The van der Waals surface area contributed by atoms with Gasteiger partial charge in [-0.1, -0.05) is 32.6 Å². The van der Waals surface area contributed by atoms with Crippen LogP contribution in [0.1, 0.15) is 45.4 Å². The van der Waals surface area contributed by atoms with Crippen molar-refractivity contribution in [3.8, 4) is 0 Å². The molecule has 4 heteroatoms. The predicted octanol–water partition coefficient (Wildman–Crippen LogP) is 2.13. The summed E-state index contributed by atoms with van der Waals surface area (Å²) in [4.78, 5) is 22.3. The van der Waals surface area contributed by atoms with Gasteiger partial charge in [0.15, 0.2) is 5.41 Å². The number of hydrogen-bond donors (Lipinski definition) is 2. The zero-order valence-corrected chi connectivity index (χ0v) is 9.03. The summed E-state index contributed by atoms with van der Waals surface area (Å²) in [5, 5.41) is 18.2. The third kappa shape index (κ3) is 2.30. The fourth-order valence-corrected chi connectivity index (χ4v) is 2.20. The fourth-order valence-electron chi connectivity index (χ4n) is 2.20. The van der Waals surface area contributed by atoms with E-state index in [0.717, 1.165) is 19.3 Å². The number of hydrogen-bond acceptors (Lipinski definition) is 2. The molecule has 0 aliphatic heterocycles. The molecule has 0 bridgehead atoms. The van der Waals surface area contributed by atoms with Gasteiger partial charge in [0, 0.05) is 0 Å². The van der Waals surface area contributed by atoms with Crippen molar-refractivity contribution >= 4 is 11.9 Å². The van der Waals surface area contributed by atoms with E-state index in [1.165, 1.54) is 0 Å². The molecule has 0 heterocycles. The number of aliphatic carboxylic acids is 2. The normalized spacial score (nSPS) is 17.1. The van der Waals surface area contributed by atoms with Gasteiger partial charge in [-0.15, -0.1) is 0 Å². The van der Waals surface area contributed by atoms with Crippen molar-refractivity contribution in [3.05, 3.63) is 0 Å². The summed E-state index contributed by atoms with van der Waals surface area (Å²) in [5.74, 6) is -2.06. The largest absolute Gasteiger partial charge is 0.480 e. The Morgan fingerprint density at radius 3 is 2.07 bits per heavy atom. The highest BCUT2D eigenvalue weighted by atomic mass is 16.4. The van der Waals surface area contributed by atoms with Gasteiger partial charge in [0.1, 0.15) is 0 Å². The second-order valence-electron chi connectivity index (χ2n) is 4.44. The van der Waals surface area contributed by atoms with Crippen molar-refractivity contribution in [3.63, 3.8) is 0 Å². The van der Waals surface area contributed by atoms with Crippen LogP contribution < -0.4 is 0 Å². The van der Waals surface area contributed by atoms with E-state index in [1.54, 1.807) is 0 Å². The number of rotatable bonds is 6. The minimum absolute atomic E-state index is 0.230. The molecule has 0 atom stereocenters. The molecule has 4 nitrogen and oxygen atoms in total. The molecular formula is C11H18O4. The molecule has 0 saturated heterocycles. The topological polar surface area (TPSA) is 74.6 Å². The number of carboxylic acids is 2. The molecule has 0 unspecified atom stereocenters. The van der Waals surface area contributed by atoms with Crippen molar-refractivity contribution in [2.45, 2.75) is 45.4 Å². The van der Waals surface area contributed by atoms with Gasteiger partial charge < -0.3 is 10.2 Å². The van der Waals surface area contributed by atoms with Crippen LogP contribution in [0.3, 0.4) is 0 Å². The van der Waals surface area contributed by atoms with E-state index in [9.17, 15) is 9.59 Å². The van der Waals surface area contributed by atoms with Crippen molar-refractivity contribution < 1.29 is 19.8 Å². The second-order valence-corrected chi connectivity index (χ2v) is 4.44. The van der Waals surface area contributed by atoms with E-state index in [0.29, 0.717) is 18.8 Å². The fraction of sp³-hybridized carbons (Fsp3) is 0.818. The van der Waals surface area contributed by atoms with Gasteiger partial charge in [0.2, 0.25) is 0 Å². The van der Waals surface area contributed by atoms with Gasteiger partial charge in [-0.3, -0.25) is 9.59 Å². The first kappa shape index (κ1) is 12.0. The highest BCUT2D eigenvalue weighted by molar-refractivity contribution is 5.98. The highest BCUT2D eigenvalue weighted by Crippen LogP contribution is 2.40. The Labute approximate surface area is 89.3 Å². The molecule has 0 aromatic carbocycles. The van der Waals surface area contributed by atoms with E-state index in [4.69, 9.17) is 10.2 Å². The SMILES string of the molecule is CCCC(CC1CCC1)(C(=O)O)C(=O)O. The Balaban J connectivity index is 2.79. The van der Waals surface area contributed by atoms with E-state index in [1.807, 2.05) is 6.92 Å². The third-order valence-electron chi connectivity index (χ3n) is 3.36. The standard InChI is InChI=1S/C11H18O4/c1-2-6-11(9(12)13,10(14)15)7-8-4-3-5-8/h8H,2-7H2,1H3,(H,12,13)(H,14,15). The molecule has 0 spiro atoms. The summed E-state index contributed by atoms with van der Waals surface area (Å²) in [6, 6.07) is 0. The van der Waals surface area contributed by atoms with Gasteiger partial charge in [0.25, 0.3) is 0 Å². The molecule has 0 aromatic heterocycles. The molecule has 0 aromatic rings. The molecule has 1 fully saturated rings. The van der Waals surface area contributed by atoms with Crippen LogP contribution in [0, 0.1) is 11.3 Å². The quantitative estimate of drug-likeness (QED) is 0.664. The summed E-state index contributed by atoms with van der Waals surface area (Å²) in [5.41, 5.74) is -1.54. The smallest absolute Gasteiger partial charge is 0.321 e. The van der Waals surface area contributed by atoms with Crippen LogP contribution in [-0.2, 0) is 9.59 Å². The van der Waals surface area contributed by atoms with Crippen LogP contribution in [0.5, 0.6) is 0 Å². The van der Waals surface area contributed by atoms with Crippen LogP contribution in [0.4, 0.5) is 0 Å². The first-order chi connectivity index (χ1) is 7.03. The molecule has 1 aliphatic carbocycles. The molecule has 2 N–H and O–H groups in total. The zero-order valence-electron chi connectivity index (χ0n) is 9.03. The Morgan fingerprint density at radius 1 is 1.27 bits per heavy atom. The van der Waals surface area contributed by atoms with Crippen molar-refractivity contribution in [1.29, 1.82) is 0 Å². The molecule has 0 amide bonds. The Bertz CT molecular complexity index is 241. The predicted molar refractivity (Wildman–Crippen MR) is 54.6 cm³/mol. The van der Waals surface area contributed by atoms with Crippen LogP contribution in [0.25, 0.3) is 0 Å². The highest BCUT2D eigenvalue weighted by Gasteiger charge is 2.47. The van der Waals surface area contributed by atoms with Crippen molar-refractivity contribution in [2.24, 2.45) is 11.3 Å². The summed E-state index contributed by atoms with van der Waals surface area (Å²) >= 11 is 0. The molecule has 86 valence electrons. The number of carbonyl (C=O) groups is 2. The maximum Gasteiger partial charge on any atom is 0.321 e. The zero-order chi connectivity index (χ0) is 11.5. The summed E-state index contributed by atoms with van der Waals surface area (Å²) in [6.45, 7) is 1.82. The Hall–Kier alpha value is -1.06. The van der Waals surface area contributed by atoms with E-state index < -0.39 is 17.4 Å². The van der Waals surface area contributed by atoms with Gasteiger partial charge in [-0.25, -0.2) is 0 Å². The maximum atomic E-state index is 11.1. The Morgan fingerprint density at radius 2 is 1.80 bits per heavy atom. The molecular weight excluding hydrogens is 196 g/mol. The lowest BCUT2D eigenvalue weighted by atomic mass is 9.70. The molecule has 1 aliphatic rings. The molecule has 1 saturated carbocycles. The van der Waals surface area contributed by atoms with Crippen molar-refractivity contribution in [1.82, 2.24) is 0 Å². The average molecular weight is 214 g/mol. The minimum Gasteiger partial charge on any atom is -0.480 e. The monoisotopic (exact) mass is 214 g/mol. The van der Waals surface area contributed by atoms with Crippen molar-refractivity contribution in [2.75, 3.05) is 0 Å². The lowest BCUT2D eigenvalue weighted by Gasteiger charge is -2.33. The van der Waals surface area contributed by atoms with Crippen LogP contribution in [0.15, 0.2) is 0 Å².